The van der Waals surface area contributed by atoms with E-state index in [1.807, 2.05) is 41.3 Å². The summed E-state index contributed by atoms with van der Waals surface area (Å²) >= 11 is 6.20. The zero-order valence-corrected chi connectivity index (χ0v) is 17.7. The van der Waals surface area contributed by atoms with Crippen molar-refractivity contribution in [2.24, 2.45) is 5.92 Å². The molecule has 1 saturated carbocycles. The van der Waals surface area contributed by atoms with Crippen molar-refractivity contribution in [3.63, 3.8) is 0 Å². The number of nitrogens with one attached hydrogen (secondary N) is 1. The van der Waals surface area contributed by atoms with Crippen LogP contribution < -0.4 is 10.1 Å². The first kappa shape index (κ1) is 20.7. The largest absolute Gasteiger partial charge is 0.493 e. The summed E-state index contributed by atoms with van der Waals surface area (Å²) in [7, 11) is 0. The van der Waals surface area contributed by atoms with Crippen LogP contribution in [0.4, 0.5) is 0 Å². The Morgan fingerprint density at radius 3 is 2.57 bits per heavy atom. The quantitative estimate of drug-likeness (QED) is 0.725. The highest BCUT2D eigenvalue weighted by atomic mass is 35.5. The van der Waals surface area contributed by atoms with Crippen molar-refractivity contribution in [1.29, 1.82) is 0 Å². The molecule has 158 valence electrons. The highest BCUT2D eigenvalue weighted by molar-refractivity contribution is 6.31. The molecule has 2 aromatic carbocycles. The average Bonchev–Trinajstić information content (AvgIpc) is 3.58. The van der Waals surface area contributed by atoms with Crippen LogP contribution in [0.15, 0.2) is 48.5 Å². The van der Waals surface area contributed by atoms with E-state index in [9.17, 15) is 9.59 Å². The summed E-state index contributed by atoms with van der Waals surface area (Å²) in [5.41, 5.74) is 1.52. The minimum Gasteiger partial charge on any atom is -0.493 e. The van der Waals surface area contributed by atoms with Gasteiger partial charge in [-0.25, -0.2) is 0 Å². The van der Waals surface area contributed by atoms with Gasteiger partial charge in [-0.3, -0.25) is 9.59 Å². The molecule has 1 heterocycles. The summed E-state index contributed by atoms with van der Waals surface area (Å²) in [4.78, 5) is 26.7. The second-order valence-corrected chi connectivity index (χ2v) is 8.61. The molecule has 1 aliphatic carbocycles. The lowest BCUT2D eigenvalue weighted by Gasteiger charge is -2.33. The third kappa shape index (κ3) is 5.54. The maximum atomic E-state index is 12.7. The number of halogens is 1. The Morgan fingerprint density at radius 2 is 1.83 bits per heavy atom. The summed E-state index contributed by atoms with van der Waals surface area (Å²) in [5.74, 6) is 1.13. The zero-order valence-electron chi connectivity index (χ0n) is 17.0. The lowest BCUT2D eigenvalue weighted by Crippen LogP contribution is -2.42. The van der Waals surface area contributed by atoms with Crippen molar-refractivity contribution in [2.45, 2.75) is 38.1 Å². The van der Waals surface area contributed by atoms with Gasteiger partial charge in [0.2, 0.25) is 5.91 Å². The van der Waals surface area contributed by atoms with E-state index >= 15 is 0 Å². The molecule has 0 bridgehead atoms. The Kier molecular flexibility index (Phi) is 6.58. The summed E-state index contributed by atoms with van der Waals surface area (Å²) in [6, 6.07) is 15.1. The normalized spacial score (nSPS) is 18.7. The zero-order chi connectivity index (χ0) is 20.9. The molecule has 5 nitrogen and oxygen atoms in total. The lowest BCUT2D eigenvalue weighted by molar-refractivity contribution is -0.132. The summed E-state index contributed by atoms with van der Waals surface area (Å²) in [5, 5.41) is 3.62. The van der Waals surface area contributed by atoms with Crippen molar-refractivity contribution in [1.82, 2.24) is 10.2 Å². The Hall–Kier alpha value is -2.53. The van der Waals surface area contributed by atoms with E-state index in [1.165, 1.54) is 0 Å². The molecule has 1 aliphatic heterocycles. The van der Waals surface area contributed by atoms with E-state index in [1.54, 1.807) is 12.1 Å². The molecule has 2 fully saturated rings. The topological polar surface area (TPSA) is 58.6 Å². The molecule has 30 heavy (non-hydrogen) atoms. The molecule has 1 saturated heterocycles. The molecule has 1 N–H and O–H groups in total. The number of piperidine rings is 1. The second-order valence-electron chi connectivity index (χ2n) is 8.20. The van der Waals surface area contributed by atoms with E-state index in [4.69, 9.17) is 16.3 Å². The Morgan fingerprint density at radius 1 is 1.07 bits per heavy atom. The SMILES string of the molecule is O=C(NC1CC1)c1ccc(OC[C@H]2CCCN(C(=O)Cc3ccccc3Cl)C2)cc1. The molecule has 6 heteroatoms. The van der Waals surface area contributed by atoms with E-state index in [0.717, 1.165) is 43.5 Å². The van der Waals surface area contributed by atoms with Crippen LogP contribution in [0.1, 0.15) is 41.6 Å². The minimum atomic E-state index is -0.0241. The molecule has 4 rings (SSSR count). The van der Waals surface area contributed by atoms with Crippen LogP contribution in [0.25, 0.3) is 0 Å². The van der Waals surface area contributed by atoms with Crippen LogP contribution >= 0.6 is 11.6 Å². The average molecular weight is 427 g/mol. The van der Waals surface area contributed by atoms with E-state index in [0.29, 0.717) is 42.1 Å². The fourth-order valence-electron chi connectivity index (χ4n) is 3.76. The van der Waals surface area contributed by atoms with Gasteiger partial charge in [-0.1, -0.05) is 29.8 Å². The molecular weight excluding hydrogens is 400 g/mol. The van der Waals surface area contributed by atoms with Crippen LogP contribution in [0, 0.1) is 5.92 Å². The number of likely N-dealkylation sites (tertiary alicyclic amines) is 1. The first-order valence-corrected chi connectivity index (χ1v) is 11.0. The third-order valence-electron chi connectivity index (χ3n) is 5.69. The van der Waals surface area contributed by atoms with Gasteiger partial charge in [0.05, 0.1) is 13.0 Å². The lowest BCUT2D eigenvalue weighted by atomic mass is 9.98. The van der Waals surface area contributed by atoms with Crippen molar-refractivity contribution in [3.8, 4) is 5.75 Å². The van der Waals surface area contributed by atoms with Crippen molar-refractivity contribution >= 4 is 23.4 Å². The molecule has 0 radical (unpaired) electrons. The van der Waals surface area contributed by atoms with Crippen molar-refractivity contribution in [2.75, 3.05) is 19.7 Å². The number of ether oxygens (including phenoxy) is 1. The highest BCUT2D eigenvalue weighted by Crippen LogP contribution is 2.23. The molecule has 2 amide bonds. The van der Waals surface area contributed by atoms with Crippen LogP contribution in [0.5, 0.6) is 5.75 Å². The fraction of sp³-hybridized carbons (Fsp3) is 0.417. The second kappa shape index (κ2) is 9.52. The van der Waals surface area contributed by atoms with Crippen LogP contribution in [-0.2, 0) is 11.2 Å². The predicted octanol–water partition coefficient (Wildman–Crippen LogP) is 4.09. The number of hydrogen-bond acceptors (Lipinski definition) is 3. The van der Waals surface area contributed by atoms with Crippen LogP contribution in [0.2, 0.25) is 5.02 Å². The predicted molar refractivity (Wildman–Crippen MR) is 117 cm³/mol. The number of nitrogens with zero attached hydrogens (tertiary/aromatic N) is 1. The van der Waals surface area contributed by atoms with Gasteiger partial charge in [0.1, 0.15) is 5.75 Å². The first-order chi connectivity index (χ1) is 14.6. The van der Waals surface area contributed by atoms with Gasteiger partial charge in [-0.05, 0) is 61.6 Å². The fourth-order valence-corrected chi connectivity index (χ4v) is 3.96. The number of rotatable bonds is 7. The van der Waals surface area contributed by atoms with Crippen LogP contribution in [-0.4, -0.2) is 42.5 Å². The molecule has 0 spiro atoms. The highest BCUT2D eigenvalue weighted by Gasteiger charge is 2.25. The number of carbonyl (C=O) groups is 2. The molecule has 2 aliphatic rings. The smallest absolute Gasteiger partial charge is 0.251 e. The first-order valence-electron chi connectivity index (χ1n) is 10.6. The Balaban J connectivity index is 1.26. The number of benzene rings is 2. The minimum absolute atomic E-state index is 0.0241. The Labute approximate surface area is 182 Å². The van der Waals surface area contributed by atoms with Gasteiger partial charge in [0, 0.05) is 35.6 Å². The monoisotopic (exact) mass is 426 g/mol. The maximum Gasteiger partial charge on any atom is 0.251 e. The molecule has 2 aromatic rings. The van der Waals surface area contributed by atoms with Gasteiger partial charge < -0.3 is 15.0 Å². The maximum absolute atomic E-state index is 12.7. The summed E-state index contributed by atoms with van der Waals surface area (Å²) in [6.07, 6.45) is 4.50. The van der Waals surface area contributed by atoms with Crippen molar-refractivity contribution < 1.29 is 14.3 Å². The van der Waals surface area contributed by atoms with Crippen molar-refractivity contribution in [3.05, 3.63) is 64.7 Å². The van der Waals surface area contributed by atoms with Gasteiger partial charge in [0.25, 0.3) is 5.91 Å². The van der Waals surface area contributed by atoms with E-state index < -0.39 is 0 Å². The summed E-state index contributed by atoms with van der Waals surface area (Å²) in [6.45, 7) is 2.04. The van der Waals surface area contributed by atoms with E-state index in [-0.39, 0.29) is 11.8 Å². The summed E-state index contributed by atoms with van der Waals surface area (Å²) < 4.78 is 5.95. The molecular formula is C24H27ClN2O3. The van der Waals surface area contributed by atoms with Gasteiger partial charge in [0.15, 0.2) is 0 Å². The molecule has 0 aromatic heterocycles. The molecule has 0 unspecified atom stereocenters. The van der Waals surface area contributed by atoms with Gasteiger partial charge in [-0.15, -0.1) is 0 Å². The van der Waals surface area contributed by atoms with E-state index in [2.05, 4.69) is 5.32 Å². The standard InChI is InChI=1S/C24H27ClN2O3/c25-22-6-2-1-5-19(22)14-23(28)27-13-3-4-17(15-27)16-30-21-11-7-18(8-12-21)24(29)26-20-9-10-20/h1-2,5-8,11-12,17,20H,3-4,9-10,13-16H2,(H,26,29)/t17-/m0/s1. The number of hydrogen-bond donors (Lipinski definition) is 1. The number of carbonyl (C=O) groups excluding carboxylic acids is 2. The van der Waals surface area contributed by atoms with Gasteiger partial charge in [-0.2, -0.15) is 0 Å². The molecule has 1 atom stereocenters. The number of amides is 2. The Bertz CT molecular complexity index is 896. The van der Waals surface area contributed by atoms with Crippen LogP contribution in [0.3, 0.4) is 0 Å². The third-order valence-corrected chi connectivity index (χ3v) is 6.05. The van der Waals surface area contributed by atoms with Gasteiger partial charge >= 0.3 is 0 Å².